The van der Waals surface area contributed by atoms with Gasteiger partial charge >= 0.3 is 0 Å². The van der Waals surface area contributed by atoms with E-state index in [1.165, 1.54) is 23.1 Å². The van der Waals surface area contributed by atoms with Crippen molar-refractivity contribution in [3.8, 4) is 5.75 Å². The number of aryl methyl sites for hydroxylation is 2. The fraction of sp³-hybridized carbons (Fsp3) is 0.316. The number of rotatable bonds is 6. The summed E-state index contributed by atoms with van der Waals surface area (Å²) >= 11 is 3.86. The zero-order valence-corrected chi connectivity index (χ0v) is 16.7. The number of nitrogens with zero attached hydrogens (tertiary/aromatic N) is 1. The van der Waals surface area contributed by atoms with Crippen LogP contribution in [0.15, 0.2) is 36.4 Å². The lowest BCUT2D eigenvalue weighted by Gasteiger charge is -2.11. The molecule has 0 aliphatic carbocycles. The van der Waals surface area contributed by atoms with E-state index in [1.54, 1.807) is 13.0 Å². The predicted octanol–water partition coefficient (Wildman–Crippen LogP) is 4.71. The zero-order chi connectivity index (χ0) is 19.4. The molecule has 27 heavy (non-hydrogen) atoms. The van der Waals surface area contributed by atoms with Crippen LogP contribution in [-0.4, -0.2) is 28.9 Å². The summed E-state index contributed by atoms with van der Waals surface area (Å²) < 4.78 is 5.98. The Balaban J connectivity index is 1.60. The van der Waals surface area contributed by atoms with Gasteiger partial charge in [-0.1, -0.05) is 12.1 Å². The van der Waals surface area contributed by atoms with Crippen LogP contribution in [-0.2, 0) is 4.79 Å². The lowest BCUT2D eigenvalue weighted by atomic mass is 10.1. The molecule has 2 aromatic rings. The highest BCUT2D eigenvalue weighted by Gasteiger charge is 2.19. The Morgan fingerprint density at radius 2 is 1.81 bits per heavy atom. The number of amides is 1. The summed E-state index contributed by atoms with van der Waals surface area (Å²) in [6, 6.07) is 10.8. The summed E-state index contributed by atoms with van der Waals surface area (Å²) in [5.74, 6) is 2.49. The zero-order valence-electron chi connectivity index (χ0n) is 15.1. The Morgan fingerprint density at radius 1 is 1.19 bits per heavy atom. The van der Waals surface area contributed by atoms with E-state index in [-0.39, 0.29) is 18.0 Å². The molecule has 0 unspecified atom stereocenters. The number of nitro groups is 1. The third-order valence-electron chi connectivity index (χ3n) is 4.23. The molecule has 0 aromatic heterocycles. The second kappa shape index (κ2) is 8.67. The number of nitrogens with one attached hydrogen (secondary N) is 1. The largest absolute Gasteiger partial charge is 0.484 e. The molecule has 1 fully saturated rings. The molecule has 1 saturated heterocycles. The molecule has 0 saturated carbocycles. The van der Waals surface area contributed by atoms with E-state index in [4.69, 9.17) is 4.74 Å². The summed E-state index contributed by atoms with van der Waals surface area (Å²) in [6.07, 6.45) is 0. The fourth-order valence-electron chi connectivity index (χ4n) is 2.66. The maximum absolute atomic E-state index is 12.2. The highest BCUT2D eigenvalue weighted by molar-refractivity contribution is 8.19. The first-order valence-electron chi connectivity index (χ1n) is 8.45. The van der Waals surface area contributed by atoms with Crippen molar-refractivity contribution in [3.05, 3.63) is 63.2 Å². The van der Waals surface area contributed by atoms with Gasteiger partial charge in [0.15, 0.2) is 6.61 Å². The quantitative estimate of drug-likeness (QED) is 0.555. The van der Waals surface area contributed by atoms with Crippen LogP contribution in [0, 0.1) is 24.0 Å². The summed E-state index contributed by atoms with van der Waals surface area (Å²) in [5, 5.41) is 13.8. The molecule has 1 aliphatic rings. The van der Waals surface area contributed by atoms with Gasteiger partial charge in [0.1, 0.15) is 11.4 Å². The Labute approximate surface area is 166 Å². The Bertz CT molecular complexity index is 850. The molecule has 0 spiro atoms. The van der Waals surface area contributed by atoms with Crippen LogP contribution >= 0.6 is 23.5 Å². The first-order valence-corrected chi connectivity index (χ1v) is 10.6. The molecule has 3 rings (SSSR count). The van der Waals surface area contributed by atoms with Crippen molar-refractivity contribution in [2.45, 2.75) is 18.4 Å². The van der Waals surface area contributed by atoms with Gasteiger partial charge in [-0.15, -0.1) is 23.5 Å². The maximum Gasteiger partial charge on any atom is 0.293 e. The molecule has 1 aliphatic heterocycles. The van der Waals surface area contributed by atoms with Gasteiger partial charge in [-0.2, -0.15) is 0 Å². The molecule has 1 N–H and O–H groups in total. The average molecular weight is 405 g/mol. The van der Waals surface area contributed by atoms with Gasteiger partial charge in [0.2, 0.25) is 0 Å². The molecule has 6 nitrogen and oxygen atoms in total. The molecule has 1 heterocycles. The van der Waals surface area contributed by atoms with E-state index >= 15 is 0 Å². The second-order valence-electron chi connectivity index (χ2n) is 6.19. The number of carbonyl (C=O) groups excluding carboxylic acids is 1. The Hall–Kier alpha value is -2.19. The van der Waals surface area contributed by atoms with Crippen molar-refractivity contribution in [1.82, 2.24) is 0 Å². The van der Waals surface area contributed by atoms with E-state index < -0.39 is 10.8 Å². The number of thioether (sulfide) groups is 2. The predicted molar refractivity (Wildman–Crippen MR) is 111 cm³/mol. The second-order valence-corrected chi connectivity index (χ2v) is 8.91. The lowest BCUT2D eigenvalue weighted by Crippen LogP contribution is -2.21. The average Bonchev–Trinajstić information content (AvgIpc) is 3.18. The topological polar surface area (TPSA) is 81.5 Å². The number of benzene rings is 2. The molecule has 2 aromatic carbocycles. The summed E-state index contributed by atoms with van der Waals surface area (Å²) in [7, 11) is 0. The maximum atomic E-state index is 12.2. The number of nitro benzene ring substituents is 1. The number of anilines is 1. The van der Waals surface area contributed by atoms with Gasteiger partial charge in [-0.3, -0.25) is 14.9 Å². The van der Waals surface area contributed by atoms with Gasteiger partial charge < -0.3 is 10.1 Å². The Morgan fingerprint density at radius 3 is 2.44 bits per heavy atom. The van der Waals surface area contributed by atoms with Crippen molar-refractivity contribution < 1.29 is 14.5 Å². The molecule has 0 atom stereocenters. The van der Waals surface area contributed by atoms with Crippen molar-refractivity contribution in [2.75, 3.05) is 23.4 Å². The van der Waals surface area contributed by atoms with Crippen LogP contribution in [0.3, 0.4) is 0 Å². The SMILES string of the molecule is Cc1cc(NC(=O)COc2ccc(C3SCCS3)cc2)c([N+](=O)[O-])cc1C. The molecule has 142 valence electrons. The first-order chi connectivity index (χ1) is 12.9. The van der Waals surface area contributed by atoms with Gasteiger partial charge in [0, 0.05) is 17.6 Å². The van der Waals surface area contributed by atoms with Crippen LogP contribution in [0.2, 0.25) is 0 Å². The summed E-state index contributed by atoms with van der Waals surface area (Å²) in [5.41, 5.74) is 2.97. The summed E-state index contributed by atoms with van der Waals surface area (Å²) in [4.78, 5) is 22.9. The number of ether oxygens (including phenoxy) is 1. The van der Waals surface area contributed by atoms with E-state index in [0.29, 0.717) is 10.3 Å². The van der Waals surface area contributed by atoms with Crippen LogP contribution in [0.4, 0.5) is 11.4 Å². The van der Waals surface area contributed by atoms with E-state index in [2.05, 4.69) is 5.32 Å². The van der Waals surface area contributed by atoms with Crippen LogP contribution < -0.4 is 10.1 Å². The van der Waals surface area contributed by atoms with Crippen molar-refractivity contribution in [3.63, 3.8) is 0 Å². The third kappa shape index (κ3) is 4.95. The fourth-order valence-corrected chi connectivity index (χ4v) is 5.52. The molecule has 0 bridgehead atoms. The van der Waals surface area contributed by atoms with E-state index in [1.807, 2.05) is 54.7 Å². The van der Waals surface area contributed by atoms with Gasteiger partial charge in [0.25, 0.3) is 11.6 Å². The monoisotopic (exact) mass is 404 g/mol. The molecular formula is C19H20N2O4S2. The minimum Gasteiger partial charge on any atom is -0.484 e. The van der Waals surface area contributed by atoms with Crippen LogP contribution in [0.5, 0.6) is 5.75 Å². The minimum absolute atomic E-state index is 0.123. The van der Waals surface area contributed by atoms with Crippen LogP contribution in [0.25, 0.3) is 0 Å². The highest BCUT2D eigenvalue weighted by Crippen LogP contribution is 2.45. The van der Waals surface area contributed by atoms with Gasteiger partial charge in [-0.05, 0) is 48.7 Å². The molecule has 8 heteroatoms. The smallest absolute Gasteiger partial charge is 0.293 e. The number of hydrogen-bond donors (Lipinski definition) is 1. The number of carbonyl (C=O) groups is 1. The molecule has 0 radical (unpaired) electrons. The molecule has 1 amide bonds. The van der Waals surface area contributed by atoms with Crippen molar-refractivity contribution in [2.24, 2.45) is 0 Å². The Kier molecular flexibility index (Phi) is 6.28. The third-order valence-corrected chi connectivity index (χ3v) is 7.33. The standard InChI is InChI=1S/C19H20N2O4S2/c1-12-9-16(17(21(23)24)10-13(12)2)20-18(22)11-25-15-5-3-14(4-6-15)19-26-7-8-27-19/h3-6,9-10,19H,7-8,11H2,1-2H3,(H,20,22). The van der Waals surface area contributed by atoms with E-state index in [9.17, 15) is 14.9 Å². The van der Waals surface area contributed by atoms with Crippen LogP contribution in [0.1, 0.15) is 21.3 Å². The summed E-state index contributed by atoms with van der Waals surface area (Å²) in [6.45, 7) is 3.42. The van der Waals surface area contributed by atoms with Gasteiger partial charge in [-0.25, -0.2) is 0 Å². The lowest BCUT2D eigenvalue weighted by molar-refractivity contribution is -0.384. The van der Waals surface area contributed by atoms with Gasteiger partial charge in [0.05, 0.1) is 9.51 Å². The van der Waals surface area contributed by atoms with E-state index in [0.717, 1.165) is 11.1 Å². The highest BCUT2D eigenvalue weighted by atomic mass is 32.2. The normalized spacial score (nSPS) is 14.1. The van der Waals surface area contributed by atoms with Crippen molar-refractivity contribution in [1.29, 1.82) is 0 Å². The number of hydrogen-bond acceptors (Lipinski definition) is 6. The first kappa shape index (κ1) is 19.6. The molecular weight excluding hydrogens is 384 g/mol. The minimum atomic E-state index is -0.499. The van der Waals surface area contributed by atoms with Crippen molar-refractivity contribution >= 4 is 40.8 Å².